The SMILES string of the molecule is C=C(C)C(=O)OCCC[Si](O[SiH2]C)(O[SiH2]C)O[Si](C)(C)C. The van der Waals surface area contributed by atoms with Crippen molar-refractivity contribution in [3.63, 3.8) is 0 Å². The van der Waals surface area contributed by atoms with E-state index in [0.717, 1.165) is 6.04 Å². The maximum atomic E-state index is 11.4. The van der Waals surface area contributed by atoms with Crippen LogP contribution in [0, 0.1) is 0 Å². The largest absolute Gasteiger partial charge is 0.468 e. The van der Waals surface area contributed by atoms with Gasteiger partial charge in [-0.15, -0.1) is 0 Å². The molecule has 124 valence electrons. The lowest BCUT2D eigenvalue weighted by atomic mass is 10.4. The van der Waals surface area contributed by atoms with E-state index in [9.17, 15) is 4.79 Å². The van der Waals surface area contributed by atoms with Crippen molar-refractivity contribution < 1.29 is 21.9 Å². The first-order valence-corrected chi connectivity index (χ1v) is 16.8. The van der Waals surface area contributed by atoms with Crippen molar-refractivity contribution in [2.45, 2.75) is 52.1 Å². The van der Waals surface area contributed by atoms with Gasteiger partial charge in [-0.1, -0.05) is 19.7 Å². The minimum absolute atomic E-state index is 0.343. The van der Waals surface area contributed by atoms with Gasteiger partial charge in [0.2, 0.25) is 0 Å². The molecular formula is C12H30O5Si4. The monoisotopic (exact) mass is 366 g/mol. The quantitative estimate of drug-likeness (QED) is 0.240. The van der Waals surface area contributed by atoms with Crippen molar-refractivity contribution >= 4 is 42.6 Å². The second-order valence-electron chi connectivity index (χ2n) is 5.78. The molecule has 0 saturated heterocycles. The van der Waals surface area contributed by atoms with E-state index < -0.39 is 36.6 Å². The first-order chi connectivity index (χ1) is 9.66. The van der Waals surface area contributed by atoms with Crippen molar-refractivity contribution in [2.75, 3.05) is 6.61 Å². The second kappa shape index (κ2) is 9.87. The summed E-state index contributed by atoms with van der Waals surface area (Å²) >= 11 is 0. The molecule has 0 aliphatic heterocycles. The number of hydrogen-bond acceptors (Lipinski definition) is 5. The van der Waals surface area contributed by atoms with Gasteiger partial charge < -0.3 is 17.1 Å². The summed E-state index contributed by atoms with van der Waals surface area (Å²) in [4.78, 5) is 11.4. The molecule has 0 unspecified atom stereocenters. The summed E-state index contributed by atoms with van der Waals surface area (Å²) in [5.41, 5.74) is 0.422. The lowest BCUT2D eigenvalue weighted by molar-refractivity contribution is -0.138. The standard InChI is InChI=1S/C12H30O5Si4/c1-11(2)12(13)14-9-8-10-21(15-18-3,16-19-4)17-20(5,6)7/h1,8-10,18-19H2,2-7H3. The molecule has 0 aliphatic carbocycles. The van der Waals surface area contributed by atoms with Crippen molar-refractivity contribution in [1.29, 1.82) is 0 Å². The van der Waals surface area contributed by atoms with Crippen LogP contribution >= 0.6 is 0 Å². The molecule has 0 radical (unpaired) electrons. The summed E-state index contributed by atoms with van der Waals surface area (Å²) in [5.74, 6) is -0.343. The summed E-state index contributed by atoms with van der Waals surface area (Å²) < 4.78 is 23.5. The number of hydrogen-bond donors (Lipinski definition) is 0. The Labute approximate surface area is 135 Å². The van der Waals surface area contributed by atoms with Crippen LogP contribution in [0.4, 0.5) is 0 Å². The molecule has 0 aromatic rings. The third kappa shape index (κ3) is 9.55. The Bertz CT molecular complexity index is 337. The molecule has 0 aliphatic rings. The average molecular weight is 367 g/mol. The van der Waals surface area contributed by atoms with Gasteiger partial charge >= 0.3 is 14.8 Å². The molecule has 0 fully saturated rings. The zero-order chi connectivity index (χ0) is 16.5. The van der Waals surface area contributed by atoms with Crippen LogP contribution in [0.3, 0.4) is 0 Å². The summed E-state index contributed by atoms with van der Waals surface area (Å²) in [5, 5.41) is 0. The average Bonchev–Trinajstić information content (AvgIpc) is 2.32. The summed E-state index contributed by atoms with van der Waals surface area (Å²) in [6.07, 6.45) is 0.707. The number of carbonyl (C=O) groups is 1. The Kier molecular flexibility index (Phi) is 9.85. The topological polar surface area (TPSA) is 54.0 Å². The van der Waals surface area contributed by atoms with Crippen LogP contribution in [0.5, 0.6) is 0 Å². The van der Waals surface area contributed by atoms with E-state index in [1.165, 1.54) is 0 Å². The number of ether oxygens (including phenoxy) is 1. The highest BCUT2D eigenvalue weighted by molar-refractivity contribution is 6.82. The fourth-order valence-electron chi connectivity index (χ4n) is 1.78. The third-order valence-electron chi connectivity index (χ3n) is 2.40. The fraction of sp³-hybridized carbons (Fsp3) is 0.750. The lowest BCUT2D eigenvalue weighted by Gasteiger charge is -2.35. The molecule has 0 saturated carbocycles. The summed E-state index contributed by atoms with van der Waals surface area (Å²) in [6.45, 7) is 16.2. The van der Waals surface area contributed by atoms with Crippen molar-refractivity contribution in [3.8, 4) is 0 Å². The molecule has 0 N–H and O–H groups in total. The summed E-state index contributed by atoms with van der Waals surface area (Å²) in [7, 11) is -5.51. The van der Waals surface area contributed by atoms with Crippen LogP contribution in [0.1, 0.15) is 13.3 Å². The fourth-order valence-corrected chi connectivity index (χ4v) is 13.8. The Morgan fingerprint density at radius 2 is 1.67 bits per heavy atom. The van der Waals surface area contributed by atoms with Crippen LogP contribution in [-0.4, -0.2) is 49.2 Å². The molecular weight excluding hydrogens is 336 g/mol. The van der Waals surface area contributed by atoms with E-state index >= 15 is 0 Å². The Morgan fingerprint density at radius 3 is 2.05 bits per heavy atom. The molecule has 5 nitrogen and oxygen atoms in total. The van der Waals surface area contributed by atoms with Crippen molar-refractivity contribution in [1.82, 2.24) is 0 Å². The van der Waals surface area contributed by atoms with Crippen LogP contribution in [0.25, 0.3) is 0 Å². The maximum absolute atomic E-state index is 11.4. The first kappa shape index (κ1) is 21.0. The van der Waals surface area contributed by atoms with Gasteiger partial charge in [0.15, 0.2) is 8.32 Å². The number of carbonyl (C=O) groups excluding carboxylic acids is 1. The Balaban J connectivity index is 4.58. The Hall–Kier alpha value is -0.0425. The van der Waals surface area contributed by atoms with Gasteiger partial charge in [0.05, 0.1) is 6.61 Å². The lowest BCUT2D eigenvalue weighted by Crippen LogP contribution is -2.53. The van der Waals surface area contributed by atoms with Gasteiger partial charge in [-0.3, -0.25) is 0 Å². The zero-order valence-corrected chi connectivity index (χ0v) is 19.1. The third-order valence-corrected chi connectivity index (χ3v) is 12.9. The summed E-state index contributed by atoms with van der Waals surface area (Å²) in [6, 6.07) is 0.725. The van der Waals surface area contributed by atoms with E-state index in [4.69, 9.17) is 17.1 Å². The molecule has 0 aromatic heterocycles. The number of rotatable bonds is 11. The molecule has 0 amide bonds. The molecule has 0 heterocycles. The van der Waals surface area contributed by atoms with Crippen LogP contribution in [0.15, 0.2) is 12.2 Å². The Morgan fingerprint density at radius 1 is 1.14 bits per heavy atom. The van der Waals surface area contributed by atoms with Gasteiger partial charge in [-0.2, -0.15) is 0 Å². The van der Waals surface area contributed by atoms with E-state index in [2.05, 4.69) is 39.3 Å². The van der Waals surface area contributed by atoms with E-state index in [-0.39, 0.29) is 5.97 Å². The van der Waals surface area contributed by atoms with Crippen LogP contribution in [0.2, 0.25) is 38.8 Å². The molecule has 0 spiro atoms. The molecule has 0 atom stereocenters. The molecule has 0 aromatic carbocycles. The zero-order valence-electron chi connectivity index (χ0n) is 14.3. The van der Waals surface area contributed by atoms with Crippen molar-refractivity contribution in [2.24, 2.45) is 0 Å². The minimum atomic E-state index is -2.56. The molecule has 0 rings (SSSR count). The van der Waals surface area contributed by atoms with Gasteiger partial charge in [0.25, 0.3) is 0 Å². The van der Waals surface area contributed by atoms with E-state index in [0.29, 0.717) is 18.6 Å². The highest BCUT2D eigenvalue weighted by Gasteiger charge is 2.42. The van der Waals surface area contributed by atoms with Crippen LogP contribution < -0.4 is 0 Å². The highest BCUT2D eigenvalue weighted by atomic mass is 28.5. The predicted molar refractivity (Wildman–Crippen MR) is 96.4 cm³/mol. The van der Waals surface area contributed by atoms with Crippen molar-refractivity contribution in [3.05, 3.63) is 12.2 Å². The second-order valence-corrected chi connectivity index (χ2v) is 16.2. The van der Waals surface area contributed by atoms with Gasteiger partial charge in [-0.05, 0) is 33.0 Å². The minimum Gasteiger partial charge on any atom is -0.462 e. The molecule has 21 heavy (non-hydrogen) atoms. The van der Waals surface area contributed by atoms with Crippen LogP contribution in [-0.2, 0) is 21.9 Å². The predicted octanol–water partition coefficient (Wildman–Crippen LogP) is 1.58. The normalized spacial score (nSPS) is 15.7. The van der Waals surface area contributed by atoms with E-state index in [1.54, 1.807) is 6.92 Å². The van der Waals surface area contributed by atoms with Gasteiger partial charge in [0, 0.05) is 11.6 Å². The highest BCUT2D eigenvalue weighted by Crippen LogP contribution is 2.22. The number of esters is 1. The van der Waals surface area contributed by atoms with Gasteiger partial charge in [0.1, 0.15) is 19.5 Å². The van der Waals surface area contributed by atoms with E-state index in [1.807, 2.05) is 0 Å². The molecule has 9 heteroatoms. The maximum Gasteiger partial charge on any atom is 0.468 e. The molecule has 0 bridgehead atoms. The van der Waals surface area contributed by atoms with Gasteiger partial charge in [-0.25, -0.2) is 4.79 Å². The first-order valence-electron chi connectivity index (χ1n) is 7.46. The smallest absolute Gasteiger partial charge is 0.462 e.